The lowest BCUT2D eigenvalue weighted by Gasteiger charge is -2.05. The van der Waals surface area contributed by atoms with Crippen LogP contribution in [0.5, 0.6) is 0 Å². The van der Waals surface area contributed by atoms with Gasteiger partial charge in [-0.25, -0.2) is 0 Å². The molecule has 0 saturated carbocycles. The number of aromatic nitrogens is 2. The Labute approximate surface area is 120 Å². The summed E-state index contributed by atoms with van der Waals surface area (Å²) in [4.78, 5) is 0. The van der Waals surface area contributed by atoms with E-state index in [2.05, 4.69) is 28.0 Å². The van der Waals surface area contributed by atoms with Gasteiger partial charge < -0.3 is 5.73 Å². The average Bonchev–Trinajstić information content (AvgIpc) is 2.61. The molecule has 2 rings (SSSR count). The summed E-state index contributed by atoms with van der Waals surface area (Å²) in [5.74, 6) is 0.711. The molecule has 18 heavy (non-hydrogen) atoms. The van der Waals surface area contributed by atoms with E-state index < -0.39 is 0 Å². The van der Waals surface area contributed by atoms with Crippen LogP contribution in [-0.2, 0) is 13.5 Å². The highest BCUT2D eigenvalue weighted by atomic mass is 79.9. The zero-order valence-electron chi connectivity index (χ0n) is 10.4. The first-order valence-corrected chi connectivity index (χ1v) is 6.98. The van der Waals surface area contributed by atoms with E-state index >= 15 is 0 Å². The van der Waals surface area contributed by atoms with E-state index in [-0.39, 0.29) is 0 Å². The molecule has 0 bridgehead atoms. The Balaban J connectivity index is 2.63. The molecular weight excluding hydrogens is 314 g/mol. The van der Waals surface area contributed by atoms with Crippen molar-refractivity contribution in [3.8, 4) is 11.3 Å². The van der Waals surface area contributed by atoms with Gasteiger partial charge in [-0.1, -0.05) is 40.9 Å². The second-order valence-electron chi connectivity index (χ2n) is 4.21. The van der Waals surface area contributed by atoms with Crippen molar-refractivity contribution in [1.82, 2.24) is 9.78 Å². The lowest BCUT2D eigenvalue weighted by molar-refractivity contribution is 0.781. The van der Waals surface area contributed by atoms with Gasteiger partial charge in [-0.2, -0.15) is 5.10 Å². The summed E-state index contributed by atoms with van der Waals surface area (Å²) in [7, 11) is 1.85. The van der Waals surface area contributed by atoms with Crippen LogP contribution in [0.4, 0.5) is 5.82 Å². The Bertz CT molecular complexity index is 578. The summed E-state index contributed by atoms with van der Waals surface area (Å²) in [5.41, 5.74) is 8.93. The van der Waals surface area contributed by atoms with Crippen molar-refractivity contribution in [2.24, 2.45) is 7.05 Å². The summed E-state index contributed by atoms with van der Waals surface area (Å²) < 4.78 is 2.69. The molecule has 0 amide bonds. The summed E-state index contributed by atoms with van der Waals surface area (Å²) >= 11 is 9.71. The van der Waals surface area contributed by atoms with Crippen molar-refractivity contribution in [1.29, 1.82) is 0 Å². The number of nitrogens with zero attached hydrogens (tertiary/aromatic N) is 2. The molecule has 0 saturated heterocycles. The van der Waals surface area contributed by atoms with Crippen LogP contribution < -0.4 is 5.73 Å². The Morgan fingerprint density at radius 3 is 2.83 bits per heavy atom. The number of halogens is 2. The standard InChI is InChI=1S/C13H15BrClN3/c1-3-4-9-12(17-18(2)13(9)16)10-7-8(14)5-6-11(10)15/h5-7H,3-4,16H2,1-2H3. The van der Waals surface area contributed by atoms with Gasteiger partial charge in [-0.3, -0.25) is 4.68 Å². The molecule has 0 atom stereocenters. The highest BCUT2D eigenvalue weighted by Crippen LogP contribution is 2.34. The number of hydrogen-bond donors (Lipinski definition) is 1. The van der Waals surface area contributed by atoms with Crippen molar-refractivity contribution < 1.29 is 0 Å². The minimum atomic E-state index is 0.689. The van der Waals surface area contributed by atoms with Crippen molar-refractivity contribution in [2.45, 2.75) is 19.8 Å². The number of nitrogens with two attached hydrogens (primary N) is 1. The highest BCUT2D eigenvalue weighted by Gasteiger charge is 2.17. The van der Waals surface area contributed by atoms with Gasteiger partial charge in [0, 0.05) is 22.6 Å². The summed E-state index contributed by atoms with van der Waals surface area (Å²) in [6.07, 6.45) is 1.92. The zero-order chi connectivity index (χ0) is 13.3. The number of rotatable bonds is 3. The molecule has 0 aliphatic carbocycles. The molecule has 0 unspecified atom stereocenters. The average molecular weight is 329 g/mol. The van der Waals surface area contributed by atoms with E-state index in [1.54, 1.807) is 4.68 Å². The van der Waals surface area contributed by atoms with Gasteiger partial charge in [-0.05, 0) is 24.6 Å². The smallest absolute Gasteiger partial charge is 0.125 e. The van der Waals surface area contributed by atoms with Crippen molar-refractivity contribution in [3.63, 3.8) is 0 Å². The van der Waals surface area contributed by atoms with Crippen LogP contribution >= 0.6 is 27.5 Å². The van der Waals surface area contributed by atoms with Gasteiger partial charge >= 0.3 is 0 Å². The summed E-state index contributed by atoms with van der Waals surface area (Å²) in [6, 6.07) is 5.75. The maximum atomic E-state index is 6.25. The molecule has 5 heteroatoms. The fourth-order valence-electron chi connectivity index (χ4n) is 1.97. The molecule has 1 heterocycles. The predicted molar refractivity (Wildman–Crippen MR) is 79.8 cm³/mol. The van der Waals surface area contributed by atoms with Gasteiger partial charge in [-0.15, -0.1) is 0 Å². The Morgan fingerprint density at radius 2 is 2.17 bits per heavy atom. The Morgan fingerprint density at radius 1 is 1.44 bits per heavy atom. The molecule has 0 radical (unpaired) electrons. The van der Waals surface area contributed by atoms with E-state index in [4.69, 9.17) is 17.3 Å². The molecule has 1 aromatic heterocycles. The molecule has 0 aliphatic rings. The lowest BCUT2D eigenvalue weighted by Crippen LogP contribution is -1.99. The van der Waals surface area contributed by atoms with Gasteiger partial charge in [0.1, 0.15) is 5.82 Å². The topological polar surface area (TPSA) is 43.8 Å². The van der Waals surface area contributed by atoms with E-state index in [0.29, 0.717) is 10.8 Å². The maximum absolute atomic E-state index is 6.25. The molecule has 96 valence electrons. The minimum Gasteiger partial charge on any atom is -0.384 e. The van der Waals surface area contributed by atoms with Crippen LogP contribution in [-0.4, -0.2) is 9.78 Å². The third-order valence-electron chi connectivity index (χ3n) is 2.88. The van der Waals surface area contributed by atoms with Crippen LogP contribution in [0, 0.1) is 0 Å². The number of aryl methyl sites for hydroxylation is 1. The van der Waals surface area contributed by atoms with Crippen LogP contribution in [0.25, 0.3) is 11.3 Å². The first-order valence-electron chi connectivity index (χ1n) is 5.81. The van der Waals surface area contributed by atoms with E-state index in [1.165, 1.54) is 0 Å². The number of hydrogen-bond acceptors (Lipinski definition) is 2. The zero-order valence-corrected chi connectivity index (χ0v) is 12.7. The summed E-state index contributed by atoms with van der Waals surface area (Å²) in [5, 5.41) is 5.18. The van der Waals surface area contributed by atoms with E-state index in [9.17, 15) is 0 Å². The van der Waals surface area contributed by atoms with Crippen molar-refractivity contribution in [3.05, 3.63) is 33.3 Å². The van der Waals surface area contributed by atoms with E-state index in [0.717, 1.165) is 34.1 Å². The molecule has 1 aromatic carbocycles. The van der Waals surface area contributed by atoms with E-state index in [1.807, 2.05) is 25.2 Å². The van der Waals surface area contributed by atoms with Crippen LogP contribution in [0.1, 0.15) is 18.9 Å². The van der Waals surface area contributed by atoms with Crippen LogP contribution in [0.3, 0.4) is 0 Å². The van der Waals surface area contributed by atoms with Crippen LogP contribution in [0.2, 0.25) is 5.02 Å². The largest absolute Gasteiger partial charge is 0.384 e. The molecular formula is C13H15BrClN3. The Kier molecular flexibility index (Phi) is 3.97. The molecule has 2 aromatic rings. The monoisotopic (exact) mass is 327 g/mol. The number of nitrogen functional groups attached to an aromatic ring is 1. The molecule has 0 fully saturated rings. The highest BCUT2D eigenvalue weighted by molar-refractivity contribution is 9.10. The first kappa shape index (κ1) is 13.4. The molecule has 0 spiro atoms. The quantitative estimate of drug-likeness (QED) is 0.924. The number of anilines is 1. The minimum absolute atomic E-state index is 0.689. The maximum Gasteiger partial charge on any atom is 0.125 e. The van der Waals surface area contributed by atoms with Crippen molar-refractivity contribution in [2.75, 3.05) is 5.73 Å². The molecule has 0 aliphatic heterocycles. The summed E-state index contributed by atoms with van der Waals surface area (Å²) in [6.45, 7) is 2.12. The van der Waals surface area contributed by atoms with Crippen molar-refractivity contribution >= 4 is 33.3 Å². The Hall–Kier alpha value is -1.00. The second-order valence-corrected chi connectivity index (χ2v) is 5.53. The fourth-order valence-corrected chi connectivity index (χ4v) is 2.54. The fraction of sp³-hybridized carbons (Fsp3) is 0.308. The normalized spacial score (nSPS) is 10.9. The SMILES string of the molecule is CCCc1c(-c2cc(Br)ccc2Cl)nn(C)c1N. The predicted octanol–water partition coefficient (Wildman–Crippen LogP) is 4.04. The lowest BCUT2D eigenvalue weighted by atomic mass is 10.0. The van der Waals surface area contributed by atoms with Crippen LogP contribution in [0.15, 0.2) is 22.7 Å². The second kappa shape index (κ2) is 5.33. The van der Waals surface area contributed by atoms with Gasteiger partial charge in [0.05, 0.1) is 10.7 Å². The third-order valence-corrected chi connectivity index (χ3v) is 3.70. The molecule has 2 N–H and O–H groups in total. The third kappa shape index (κ3) is 2.40. The van der Waals surface area contributed by atoms with Gasteiger partial charge in [0.15, 0.2) is 0 Å². The van der Waals surface area contributed by atoms with Gasteiger partial charge in [0.25, 0.3) is 0 Å². The molecule has 3 nitrogen and oxygen atoms in total. The number of benzene rings is 1. The first-order chi connectivity index (χ1) is 8.54. The van der Waals surface area contributed by atoms with Gasteiger partial charge in [0.2, 0.25) is 0 Å².